The normalized spacial score (nSPS) is 10.1. The van der Waals surface area contributed by atoms with Crippen LogP contribution in [0.4, 0.5) is 0 Å². The molecule has 3 rings (SSSR count). The summed E-state index contributed by atoms with van der Waals surface area (Å²) in [5, 5.41) is 13.6. The standard InChI is InChI=1S/C18H15N3O2/c1-22-15-8-9-18(23-2)16(11-15)17-10-13(12-19)20-21(17)14-6-4-3-5-7-14/h3-11H,1-2H3. The maximum atomic E-state index is 9.21. The van der Waals surface area contributed by atoms with Crippen LogP contribution >= 0.6 is 0 Å². The maximum absolute atomic E-state index is 9.21. The summed E-state index contributed by atoms with van der Waals surface area (Å²) in [6, 6.07) is 19.0. The van der Waals surface area contributed by atoms with E-state index in [1.54, 1.807) is 25.0 Å². The Hall–Kier alpha value is -3.26. The van der Waals surface area contributed by atoms with E-state index >= 15 is 0 Å². The second kappa shape index (κ2) is 6.24. The molecule has 0 saturated carbocycles. The lowest BCUT2D eigenvalue weighted by Crippen LogP contribution is -2.00. The maximum Gasteiger partial charge on any atom is 0.163 e. The van der Waals surface area contributed by atoms with Gasteiger partial charge in [-0.1, -0.05) is 18.2 Å². The lowest BCUT2D eigenvalue weighted by molar-refractivity contribution is 0.404. The first kappa shape index (κ1) is 14.7. The average Bonchev–Trinajstić information content (AvgIpc) is 3.06. The number of ether oxygens (including phenoxy) is 2. The fraction of sp³-hybridized carbons (Fsp3) is 0.111. The van der Waals surface area contributed by atoms with Crippen LogP contribution in [-0.4, -0.2) is 24.0 Å². The molecule has 0 bridgehead atoms. The molecule has 0 amide bonds. The Kier molecular flexibility index (Phi) is 3.98. The van der Waals surface area contributed by atoms with Crippen molar-refractivity contribution in [1.82, 2.24) is 9.78 Å². The molecule has 0 aliphatic rings. The van der Waals surface area contributed by atoms with E-state index in [9.17, 15) is 5.26 Å². The number of rotatable bonds is 4. The molecule has 1 heterocycles. The lowest BCUT2D eigenvalue weighted by atomic mass is 10.1. The van der Waals surface area contributed by atoms with Crippen LogP contribution in [0.25, 0.3) is 16.9 Å². The van der Waals surface area contributed by atoms with Gasteiger partial charge in [0.25, 0.3) is 0 Å². The first-order valence-electron chi connectivity index (χ1n) is 7.05. The zero-order valence-electron chi connectivity index (χ0n) is 12.9. The Morgan fingerprint density at radius 1 is 1.00 bits per heavy atom. The number of nitrogens with zero attached hydrogens (tertiary/aromatic N) is 3. The molecular formula is C18H15N3O2. The molecule has 5 nitrogen and oxygen atoms in total. The van der Waals surface area contributed by atoms with Gasteiger partial charge >= 0.3 is 0 Å². The van der Waals surface area contributed by atoms with Crippen LogP contribution in [0.2, 0.25) is 0 Å². The highest BCUT2D eigenvalue weighted by molar-refractivity contribution is 5.71. The number of nitriles is 1. The molecule has 0 aliphatic heterocycles. The van der Waals surface area contributed by atoms with Crippen LogP contribution in [0.3, 0.4) is 0 Å². The Labute approximate surface area is 134 Å². The molecule has 2 aromatic carbocycles. The van der Waals surface area contributed by atoms with Gasteiger partial charge in [0.1, 0.15) is 17.6 Å². The summed E-state index contributed by atoms with van der Waals surface area (Å²) in [4.78, 5) is 0. The number of hydrogen-bond acceptors (Lipinski definition) is 4. The molecule has 23 heavy (non-hydrogen) atoms. The van der Waals surface area contributed by atoms with Crippen LogP contribution in [-0.2, 0) is 0 Å². The summed E-state index contributed by atoms with van der Waals surface area (Å²) in [6.07, 6.45) is 0. The molecule has 0 unspecified atom stereocenters. The topological polar surface area (TPSA) is 60.1 Å². The molecule has 0 fully saturated rings. The Balaban J connectivity index is 2.25. The molecule has 5 heteroatoms. The molecule has 1 aromatic heterocycles. The summed E-state index contributed by atoms with van der Waals surface area (Å²) in [6.45, 7) is 0. The molecule has 0 N–H and O–H groups in total. The highest BCUT2D eigenvalue weighted by Crippen LogP contribution is 2.34. The van der Waals surface area contributed by atoms with Crippen molar-refractivity contribution in [2.24, 2.45) is 0 Å². The molecule has 0 aliphatic carbocycles. The van der Waals surface area contributed by atoms with Crippen molar-refractivity contribution in [2.75, 3.05) is 14.2 Å². The minimum atomic E-state index is 0.341. The second-order valence-electron chi connectivity index (χ2n) is 4.84. The minimum Gasteiger partial charge on any atom is -0.497 e. The van der Waals surface area contributed by atoms with Crippen LogP contribution in [0.15, 0.2) is 54.6 Å². The molecule has 0 atom stereocenters. The molecular weight excluding hydrogens is 290 g/mol. The number of hydrogen-bond donors (Lipinski definition) is 0. The van der Waals surface area contributed by atoms with Gasteiger partial charge in [-0.05, 0) is 30.3 Å². The van der Waals surface area contributed by atoms with E-state index in [0.29, 0.717) is 17.2 Å². The van der Waals surface area contributed by atoms with Crippen LogP contribution in [0.5, 0.6) is 11.5 Å². The van der Waals surface area contributed by atoms with E-state index in [0.717, 1.165) is 16.9 Å². The smallest absolute Gasteiger partial charge is 0.163 e. The first-order valence-corrected chi connectivity index (χ1v) is 7.05. The Morgan fingerprint density at radius 2 is 1.78 bits per heavy atom. The zero-order valence-corrected chi connectivity index (χ0v) is 12.9. The van der Waals surface area contributed by atoms with Gasteiger partial charge in [-0.2, -0.15) is 10.4 Å². The van der Waals surface area contributed by atoms with Gasteiger partial charge < -0.3 is 9.47 Å². The highest BCUT2D eigenvalue weighted by Gasteiger charge is 2.16. The zero-order chi connectivity index (χ0) is 16.2. The minimum absolute atomic E-state index is 0.341. The van der Waals surface area contributed by atoms with Gasteiger partial charge in [0.15, 0.2) is 5.69 Å². The van der Waals surface area contributed by atoms with Gasteiger partial charge in [-0.25, -0.2) is 4.68 Å². The third-order valence-corrected chi connectivity index (χ3v) is 3.51. The third kappa shape index (κ3) is 2.74. The predicted octanol–water partition coefficient (Wildman–Crippen LogP) is 3.43. The van der Waals surface area contributed by atoms with Crippen molar-refractivity contribution in [2.45, 2.75) is 0 Å². The van der Waals surface area contributed by atoms with Crippen LogP contribution < -0.4 is 9.47 Å². The van der Waals surface area contributed by atoms with Gasteiger partial charge in [0, 0.05) is 11.6 Å². The summed E-state index contributed by atoms with van der Waals surface area (Å²) < 4.78 is 12.5. The van der Waals surface area contributed by atoms with Crippen LogP contribution in [0.1, 0.15) is 5.69 Å². The first-order chi connectivity index (χ1) is 11.3. The van der Waals surface area contributed by atoms with E-state index in [2.05, 4.69) is 11.2 Å². The van der Waals surface area contributed by atoms with Crippen molar-refractivity contribution >= 4 is 0 Å². The molecule has 0 spiro atoms. The Bertz CT molecular complexity index is 864. The highest BCUT2D eigenvalue weighted by atomic mass is 16.5. The van der Waals surface area contributed by atoms with Gasteiger partial charge in [0.05, 0.1) is 25.6 Å². The van der Waals surface area contributed by atoms with E-state index in [1.807, 2.05) is 48.5 Å². The lowest BCUT2D eigenvalue weighted by Gasteiger charge is -2.12. The van der Waals surface area contributed by atoms with E-state index < -0.39 is 0 Å². The van der Waals surface area contributed by atoms with Crippen molar-refractivity contribution < 1.29 is 9.47 Å². The molecule has 0 saturated heterocycles. The van der Waals surface area contributed by atoms with E-state index in [4.69, 9.17) is 9.47 Å². The van der Waals surface area contributed by atoms with Gasteiger partial charge in [0.2, 0.25) is 0 Å². The van der Waals surface area contributed by atoms with Crippen molar-refractivity contribution in [1.29, 1.82) is 5.26 Å². The van der Waals surface area contributed by atoms with Gasteiger partial charge in [-0.3, -0.25) is 0 Å². The van der Waals surface area contributed by atoms with Crippen LogP contribution in [0, 0.1) is 11.3 Å². The largest absolute Gasteiger partial charge is 0.497 e. The quantitative estimate of drug-likeness (QED) is 0.741. The number of benzene rings is 2. The van der Waals surface area contributed by atoms with Crippen molar-refractivity contribution in [3.8, 4) is 34.5 Å². The molecule has 0 radical (unpaired) electrons. The summed E-state index contributed by atoms with van der Waals surface area (Å²) in [5.74, 6) is 1.40. The molecule has 114 valence electrons. The fourth-order valence-corrected chi connectivity index (χ4v) is 2.41. The fourth-order valence-electron chi connectivity index (χ4n) is 2.41. The van der Waals surface area contributed by atoms with Crippen molar-refractivity contribution in [3.63, 3.8) is 0 Å². The molecule has 3 aromatic rings. The van der Waals surface area contributed by atoms with E-state index in [1.165, 1.54) is 0 Å². The summed E-state index contributed by atoms with van der Waals surface area (Å²) in [5.41, 5.74) is 2.79. The second-order valence-corrected chi connectivity index (χ2v) is 4.84. The third-order valence-electron chi connectivity index (χ3n) is 3.51. The summed E-state index contributed by atoms with van der Waals surface area (Å²) >= 11 is 0. The van der Waals surface area contributed by atoms with Gasteiger partial charge in [-0.15, -0.1) is 0 Å². The summed E-state index contributed by atoms with van der Waals surface area (Å²) in [7, 11) is 3.22. The number of methoxy groups -OCH3 is 2. The monoisotopic (exact) mass is 305 g/mol. The SMILES string of the molecule is COc1ccc(OC)c(-c2cc(C#N)nn2-c2ccccc2)c1. The van der Waals surface area contributed by atoms with E-state index in [-0.39, 0.29) is 0 Å². The Morgan fingerprint density at radius 3 is 2.43 bits per heavy atom. The predicted molar refractivity (Wildman–Crippen MR) is 86.8 cm³/mol. The number of aromatic nitrogens is 2. The number of para-hydroxylation sites is 1. The average molecular weight is 305 g/mol. The van der Waals surface area contributed by atoms with Crippen molar-refractivity contribution in [3.05, 3.63) is 60.3 Å².